The van der Waals surface area contributed by atoms with Crippen LogP contribution in [0.3, 0.4) is 0 Å². The molecule has 0 aromatic heterocycles. The van der Waals surface area contributed by atoms with E-state index in [-0.39, 0.29) is 18.9 Å². The van der Waals surface area contributed by atoms with Crippen LogP contribution in [-0.4, -0.2) is 37.4 Å². The van der Waals surface area contributed by atoms with Crippen molar-refractivity contribution in [3.63, 3.8) is 0 Å². The van der Waals surface area contributed by atoms with E-state index >= 15 is 0 Å². The van der Waals surface area contributed by atoms with Crippen LogP contribution in [0.4, 0.5) is 5.69 Å². The molecule has 2 aromatic carbocycles. The summed E-state index contributed by atoms with van der Waals surface area (Å²) in [5.41, 5.74) is 6.65. The second-order valence-electron chi connectivity index (χ2n) is 6.23. The summed E-state index contributed by atoms with van der Waals surface area (Å²) in [6.45, 7) is 6.04. The van der Waals surface area contributed by atoms with Gasteiger partial charge < -0.3 is 10.2 Å². The van der Waals surface area contributed by atoms with Gasteiger partial charge in [-0.1, -0.05) is 11.6 Å². The van der Waals surface area contributed by atoms with Crippen molar-refractivity contribution in [2.75, 3.05) is 24.5 Å². The number of hydrogen-bond donors (Lipinski definition) is 3. The van der Waals surface area contributed by atoms with Gasteiger partial charge in [0.25, 0.3) is 11.8 Å². The summed E-state index contributed by atoms with van der Waals surface area (Å²) in [4.78, 5) is 38.1. The van der Waals surface area contributed by atoms with Crippen LogP contribution in [0.25, 0.3) is 0 Å². The largest absolute Gasteiger partial charge is 0.372 e. The predicted molar refractivity (Wildman–Crippen MR) is 114 cm³/mol. The molecule has 0 heterocycles. The number of anilines is 1. The number of hydrazine groups is 1. The first-order valence-corrected chi connectivity index (χ1v) is 9.80. The fourth-order valence-electron chi connectivity index (χ4n) is 2.67. The molecule has 0 aliphatic carbocycles. The number of halogens is 1. The lowest BCUT2D eigenvalue weighted by Crippen LogP contribution is -2.42. The van der Waals surface area contributed by atoms with Gasteiger partial charge in [0, 0.05) is 47.9 Å². The van der Waals surface area contributed by atoms with E-state index in [4.69, 9.17) is 11.6 Å². The summed E-state index contributed by atoms with van der Waals surface area (Å²) in [7, 11) is 0. The second kappa shape index (κ2) is 11.1. The lowest BCUT2D eigenvalue weighted by Gasteiger charge is -2.21. The van der Waals surface area contributed by atoms with Gasteiger partial charge in [-0.2, -0.15) is 0 Å². The van der Waals surface area contributed by atoms with Crippen molar-refractivity contribution < 1.29 is 14.4 Å². The van der Waals surface area contributed by atoms with Crippen molar-refractivity contribution >= 4 is 35.0 Å². The van der Waals surface area contributed by atoms with Crippen LogP contribution in [-0.2, 0) is 4.79 Å². The molecule has 0 spiro atoms. The smallest absolute Gasteiger partial charge is 0.269 e. The maximum absolute atomic E-state index is 12.1. The molecule has 0 atom stereocenters. The standard InChI is InChI=1S/C21H25ClN4O3/c1-3-26(4-2)18-11-7-16(8-12-18)21(29)25-24-19(27)13-14-23-20(28)15-5-9-17(22)10-6-15/h5-12H,3-4,13-14H2,1-2H3,(H,23,28)(H,24,27)(H,25,29). The predicted octanol–water partition coefficient (Wildman–Crippen LogP) is 2.77. The number of benzene rings is 2. The maximum Gasteiger partial charge on any atom is 0.269 e. The summed E-state index contributed by atoms with van der Waals surface area (Å²) in [5.74, 6) is -1.11. The molecule has 0 unspecified atom stereocenters. The minimum Gasteiger partial charge on any atom is -0.372 e. The van der Waals surface area contributed by atoms with Crippen LogP contribution >= 0.6 is 11.6 Å². The Morgan fingerprint density at radius 1 is 0.828 bits per heavy atom. The molecular formula is C21H25ClN4O3. The molecule has 8 heteroatoms. The third kappa shape index (κ3) is 6.80. The molecule has 0 bridgehead atoms. The second-order valence-corrected chi connectivity index (χ2v) is 6.67. The summed E-state index contributed by atoms with van der Waals surface area (Å²) in [5, 5.41) is 3.18. The molecule has 0 saturated heterocycles. The van der Waals surface area contributed by atoms with E-state index in [0.29, 0.717) is 16.1 Å². The number of amides is 3. The molecule has 0 aliphatic heterocycles. The van der Waals surface area contributed by atoms with E-state index in [0.717, 1.165) is 18.8 Å². The van der Waals surface area contributed by atoms with Crippen LogP contribution in [0.1, 0.15) is 41.0 Å². The highest BCUT2D eigenvalue weighted by molar-refractivity contribution is 6.30. The highest BCUT2D eigenvalue weighted by Gasteiger charge is 2.10. The molecule has 2 aromatic rings. The fourth-order valence-corrected chi connectivity index (χ4v) is 2.79. The van der Waals surface area contributed by atoms with Gasteiger partial charge in [-0.25, -0.2) is 0 Å². The van der Waals surface area contributed by atoms with Gasteiger partial charge in [-0.05, 0) is 62.4 Å². The molecule has 3 N–H and O–H groups in total. The average molecular weight is 417 g/mol. The van der Waals surface area contributed by atoms with Crippen molar-refractivity contribution in [1.29, 1.82) is 0 Å². The monoisotopic (exact) mass is 416 g/mol. The van der Waals surface area contributed by atoms with E-state index in [2.05, 4.69) is 34.9 Å². The van der Waals surface area contributed by atoms with Crippen LogP contribution in [0.15, 0.2) is 48.5 Å². The van der Waals surface area contributed by atoms with E-state index in [1.165, 1.54) is 0 Å². The Hall–Kier alpha value is -3.06. The Labute approximate surface area is 175 Å². The van der Waals surface area contributed by atoms with Crippen molar-refractivity contribution in [3.8, 4) is 0 Å². The summed E-state index contributed by atoms with van der Waals surface area (Å²) in [6.07, 6.45) is 0.0283. The molecule has 29 heavy (non-hydrogen) atoms. The van der Waals surface area contributed by atoms with Crippen molar-refractivity contribution in [2.24, 2.45) is 0 Å². The minimum absolute atomic E-state index is 0.0283. The molecule has 2 rings (SSSR count). The summed E-state index contributed by atoms with van der Waals surface area (Å²) >= 11 is 5.78. The van der Waals surface area contributed by atoms with E-state index < -0.39 is 11.8 Å². The van der Waals surface area contributed by atoms with E-state index in [9.17, 15) is 14.4 Å². The third-order valence-corrected chi connectivity index (χ3v) is 4.57. The number of carbonyl (C=O) groups excluding carboxylic acids is 3. The van der Waals surface area contributed by atoms with Crippen LogP contribution < -0.4 is 21.1 Å². The van der Waals surface area contributed by atoms with E-state index in [1.807, 2.05) is 12.1 Å². The Kier molecular flexibility index (Phi) is 8.48. The lowest BCUT2D eigenvalue weighted by atomic mass is 10.2. The number of carbonyl (C=O) groups is 3. The zero-order chi connectivity index (χ0) is 21.2. The summed E-state index contributed by atoms with van der Waals surface area (Å²) in [6, 6.07) is 13.6. The van der Waals surface area contributed by atoms with Gasteiger partial charge >= 0.3 is 0 Å². The Balaban J connectivity index is 1.73. The van der Waals surface area contributed by atoms with Gasteiger partial charge in [-0.3, -0.25) is 25.2 Å². The molecule has 0 radical (unpaired) electrons. The van der Waals surface area contributed by atoms with Crippen LogP contribution in [0, 0.1) is 0 Å². The summed E-state index contributed by atoms with van der Waals surface area (Å²) < 4.78 is 0. The Morgan fingerprint density at radius 3 is 1.97 bits per heavy atom. The highest BCUT2D eigenvalue weighted by Crippen LogP contribution is 2.14. The van der Waals surface area contributed by atoms with Gasteiger partial charge in [0.05, 0.1) is 0 Å². The SMILES string of the molecule is CCN(CC)c1ccc(C(=O)NNC(=O)CCNC(=O)c2ccc(Cl)cc2)cc1. The number of nitrogens with zero attached hydrogens (tertiary/aromatic N) is 1. The zero-order valence-electron chi connectivity index (χ0n) is 16.5. The van der Waals surface area contributed by atoms with Gasteiger partial charge in [0.2, 0.25) is 5.91 Å². The van der Waals surface area contributed by atoms with Crippen molar-refractivity contribution in [3.05, 3.63) is 64.7 Å². The first-order valence-electron chi connectivity index (χ1n) is 9.42. The van der Waals surface area contributed by atoms with Crippen molar-refractivity contribution in [2.45, 2.75) is 20.3 Å². The number of hydrogen-bond acceptors (Lipinski definition) is 4. The molecule has 0 fully saturated rings. The Bertz CT molecular complexity index is 834. The van der Waals surface area contributed by atoms with Gasteiger partial charge in [0.15, 0.2) is 0 Å². The topological polar surface area (TPSA) is 90.5 Å². The molecular weight excluding hydrogens is 392 g/mol. The molecule has 154 valence electrons. The minimum atomic E-state index is -0.408. The van der Waals surface area contributed by atoms with Crippen LogP contribution in [0.5, 0.6) is 0 Å². The molecule has 0 saturated carbocycles. The normalized spacial score (nSPS) is 10.2. The maximum atomic E-state index is 12.1. The Morgan fingerprint density at radius 2 is 1.38 bits per heavy atom. The van der Waals surface area contributed by atoms with Gasteiger partial charge in [0.1, 0.15) is 0 Å². The average Bonchev–Trinajstić information content (AvgIpc) is 2.73. The molecule has 3 amide bonds. The first-order chi connectivity index (χ1) is 13.9. The number of rotatable bonds is 8. The third-order valence-electron chi connectivity index (χ3n) is 4.32. The highest BCUT2D eigenvalue weighted by atomic mass is 35.5. The quantitative estimate of drug-likeness (QED) is 0.577. The van der Waals surface area contributed by atoms with Crippen LogP contribution in [0.2, 0.25) is 5.02 Å². The fraction of sp³-hybridized carbons (Fsp3) is 0.286. The van der Waals surface area contributed by atoms with E-state index in [1.54, 1.807) is 36.4 Å². The zero-order valence-corrected chi connectivity index (χ0v) is 17.3. The molecule has 0 aliphatic rings. The first kappa shape index (κ1) is 22.2. The lowest BCUT2D eigenvalue weighted by molar-refractivity contribution is -0.121. The van der Waals surface area contributed by atoms with Gasteiger partial charge in [-0.15, -0.1) is 0 Å². The number of nitrogens with one attached hydrogen (secondary N) is 3. The van der Waals surface area contributed by atoms with Crippen molar-refractivity contribution in [1.82, 2.24) is 16.2 Å². The molecule has 7 nitrogen and oxygen atoms in total.